The normalized spacial score (nSPS) is 13.1. The minimum Gasteiger partial charge on any atom is -0.207 e. The molecular weight excluding hydrogens is 222 g/mol. The quantitative estimate of drug-likeness (QED) is 0.812. The molecule has 0 radical (unpaired) electrons. The maximum absolute atomic E-state index is 12.3. The third-order valence-electron chi connectivity index (χ3n) is 3.12. The molecule has 0 aliphatic rings. The zero-order chi connectivity index (χ0) is 12.4. The summed E-state index contributed by atoms with van der Waals surface area (Å²) in [4.78, 5) is 0.346. The minimum atomic E-state index is -3.38. The first kappa shape index (κ1) is 13.2. The lowest BCUT2D eigenvalue weighted by Crippen LogP contribution is -2.44. The summed E-state index contributed by atoms with van der Waals surface area (Å²) in [7, 11) is -1.74. The number of hydrogen-bond donors (Lipinski definition) is 0. The van der Waals surface area contributed by atoms with Crippen molar-refractivity contribution in [2.75, 3.05) is 7.05 Å². The molecule has 90 valence electrons. The van der Waals surface area contributed by atoms with E-state index in [2.05, 4.69) is 0 Å². The van der Waals surface area contributed by atoms with Gasteiger partial charge in [-0.05, 0) is 32.4 Å². The van der Waals surface area contributed by atoms with E-state index in [1.54, 1.807) is 31.3 Å². The second kappa shape index (κ2) is 4.55. The van der Waals surface area contributed by atoms with E-state index in [4.69, 9.17) is 0 Å². The van der Waals surface area contributed by atoms with Gasteiger partial charge in [0.1, 0.15) is 0 Å². The van der Waals surface area contributed by atoms with Crippen molar-refractivity contribution in [3.63, 3.8) is 0 Å². The molecule has 1 rings (SSSR count). The Morgan fingerprint density at radius 3 is 2.12 bits per heavy atom. The van der Waals surface area contributed by atoms with Gasteiger partial charge in [-0.2, -0.15) is 4.31 Å². The van der Waals surface area contributed by atoms with Crippen LogP contribution in [0.4, 0.5) is 0 Å². The molecule has 0 saturated carbocycles. The minimum absolute atomic E-state index is 0.346. The molecular formula is C12H19NO2S. The third-order valence-corrected chi connectivity index (χ3v) is 5.20. The molecule has 1 aromatic rings. The molecule has 0 unspecified atom stereocenters. The van der Waals surface area contributed by atoms with Gasteiger partial charge in [-0.15, -0.1) is 0 Å². The second-order valence-corrected chi connectivity index (χ2v) is 6.42. The number of benzene rings is 1. The maximum Gasteiger partial charge on any atom is 0.243 e. The Morgan fingerprint density at radius 2 is 1.69 bits per heavy atom. The Kier molecular flexibility index (Phi) is 3.76. The largest absolute Gasteiger partial charge is 0.243 e. The van der Waals surface area contributed by atoms with Crippen LogP contribution in [0.5, 0.6) is 0 Å². The fourth-order valence-corrected chi connectivity index (χ4v) is 2.90. The van der Waals surface area contributed by atoms with Crippen molar-refractivity contribution in [3.8, 4) is 0 Å². The smallest absolute Gasteiger partial charge is 0.207 e. The van der Waals surface area contributed by atoms with Crippen molar-refractivity contribution in [3.05, 3.63) is 30.3 Å². The zero-order valence-corrected chi connectivity index (χ0v) is 11.1. The summed E-state index contributed by atoms with van der Waals surface area (Å²) in [6.45, 7) is 5.83. The molecule has 16 heavy (non-hydrogen) atoms. The lowest BCUT2D eigenvalue weighted by Gasteiger charge is -2.33. The molecule has 0 fully saturated rings. The van der Waals surface area contributed by atoms with Crippen LogP contribution in [-0.4, -0.2) is 25.3 Å². The molecule has 0 aromatic heterocycles. The summed E-state index contributed by atoms with van der Waals surface area (Å²) in [6.07, 6.45) is 0.773. The maximum atomic E-state index is 12.3. The Morgan fingerprint density at radius 1 is 1.19 bits per heavy atom. The Balaban J connectivity index is 3.14. The first-order chi connectivity index (χ1) is 7.32. The molecule has 0 N–H and O–H groups in total. The average Bonchev–Trinajstić information content (AvgIpc) is 2.29. The molecule has 3 nitrogen and oxygen atoms in total. The van der Waals surface area contributed by atoms with Crippen molar-refractivity contribution in [2.24, 2.45) is 0 Å². The molecule has 0 spiro atoms. The summed E-state index contributed by atoms with van der Waals surface area (Å²) >= 11 is 0. The van der Waals surface area contributed by atoms with Crippen LogP contribution in [-0.2, 0) is 10.0 Å². The number of nitrogens with zero attached hydrogens (tertiary/aromatic N) is 1. The van der Waals surface area contributed by atoms with E-state index in [9.17, 15) is 8.42 Å². The average molecular weight is 241 g/mol. The summed E-state index contributed by atoms with van der Waals surface area (Å²) in [5, 5.41) is 0. The molecule has 0 aliphatic heterocycles. The predicted octanol–water partition coefficient (Wildman–Crippen LogP) is 2.50. The van der Waals surface area contributed by atoms with Crippen molar-refractivity contribution in [1.82, 2.24) is 4.31 Å². The van der Waals surface area contributed by atoms with E-state index in [0.717, 1.165) is 6.42 Å². The van der Waals surface area contributed by atoms with Gasteiger partial charge in [0.15, 0.2) is 0 Å². The van der Waals surface area contributed by atoms with Gasteiger partial charge in [0.05, 0.1) is 4.90 Å². The van der Waals surface area contributed by atoms with E-state index in [1.165, 1.54) is 4.31 Å². The highest BCUT2D eigenvalue weighted by Crippen LogP contribution is 2.24. The predicted molar refractivity (Wildman–Crippen MR) is 65.8 cm³/mol. The molecule has 0 aliphatic carbocycles. The highest BCUT2D eigenvalue weighted by atomic mass is 32.2. The SMILES string of the molecule is CCC(C)(C)N(C)S(=O)(=O)c1ccccc1. The molecule has 0 heterocycles. The van der Waals surface area contributed by atoms with Crippen LogP contribution in [0.2, 0.25) is 0 Å². The van der Waals surface area contributed by atoms with E-state index in [0.29, 0.717) is 4.90 Å². The highest BCUT2D eigenvalue weighted by Gasteiger charge is 2.32. The van der Waals surface area contributed by atoms with Crippen LogP contribution in [0.15, 0.2) is 35.2 Å². The Bertz CT molecular complexity index is 437. The van der Waals surface area contributed by atoms with Gasteiger partial charge in [0, 0.05) is 12.6 Å². The number of rotatable bonds is 4. The fraction of sp³-hybridized carbons (Fsp3) is 0.500. The van der Waals surface area contributed by atoms with Gasteiger partial charge >= 0.3 is 0 Å². The molecule has 0 atom stereocenters. The lowest BCUT2D eigenvalue weighted by molar-refractivity contribution is 0.257. The van der Waals surface area contributed by atoms with Gasteiger partial charge < -0.3 is 0 Å². The summed E-state index contributed by atoms with van der Waals surface area (Å²) < 4.78 is 26.0. The first-order valence-electron chi connectivity index (χ1n) is 5.36. The second-order valence-electron chi connectivity index (χ2n) is 4.45. The monoisotopic (exact) mass is 241 g/mol. The van der Waals surface area contributed by atoms with Crippen molar-refractivity contribution < 1.29 is 8.42 Å². The van der Waals surface area contributed by atoms with Crippen LogP contribution < -0.4 is 0 Å². The fourth-order valence-electron chi connectivity index (χ4n) is 1.30. The van der Waals surface area contributed by atoms with Gasteiger partial charge in [-0.1, -0.05) is 25.1 Å². The van der Waals surface area contributed by atoms with Crippen LogP contribution in [0.25, 0.3) is 0 Å². The summed E-state index contributed by atoms with van der Waals surface area (Å²) in [5.74, 6) is 0. The number of hydrogen-bond acceptors (Lipinski definition) is 2. The van der Waals surface area contributed by atoms with E-state index >= 15 is 0 Å². The van der Waals surface area contributed by atoms with E-state index in [1.807, 2.05) is 26.8 Å². The van der Waals surface area contributed by atoms with Crippen molar-refractivity contribution >= 4 is 10.0 Å². The van der Waals surface area contributed by atoms with Gasteiger partial charge in [0.25, 0.3) is 0 Å². The molecule has 0 bridgehead atoms. The van der Waals surface area contributed by atoms with Crippen LogP contribution >= 0.6 is 0 Å². The van der Waals surface area contributed by atoms with E-state index < -0.39 is 10.0 Å². The number of sulfonamides is 1. The highest BCUT2D eigenvalue weighted by molar-refractivity contribution is 7.89. The molecule has 1 aromatic carbocycles. The van der Waals surface area contributed by atoms with Gasteiger partial charge in [0.2, 0.25) is 10.0 Å². The standard InChI is InChI=1S/C12H19NO2S/c1-5-12(2,3)13(4)16(14,15)11-9-7-6-8-10-11/h6-10H,5H2,1-4H3. The van der Waals surface area contributed by atoms with Crippen LogP contribution in [0, 0.1) is 0 Å². The topological polar surface area (TPSA) is 37.4 Å². The zero-order valence-electron chi connectivity index (χ0n) is 10.3. The molecule has 0 amide bonds. The Hall–Kier alpha value is -0.870. The lowest BCUT2D eigenvalue weighted by atomic mass is 10.0. The molecule has 0 saturated heterocycles. The van der Waals surface area contributed by atoms with Gasteiger partial charge in [-0.25, -0.2) is 8.42 Å². The first-order valence-corrected chi connectivity index (χ1v) is 6.80. The van der Waals surface area contributed by atoms with Crippen LogP contribution in [0.3, 0.4) is 0 Å². The van der Waals surface area contributed by atoms with Crippen molar-refractivity contribution in [1.29, 1.82) is 0 Å². The van der Waals surface area contributed by atoms with Crippen molar-refractivity contribution in [2.45, 2.75) is 37.6 Å². The molecule has 4 heteroatoms. The van der Waals surface area contributed by atoms with Gasteiger partial charge in [-0.3, -0.25) is 0 Å². The summed E-state index contributed by atoms with van der Waals surface area (Å²) in [5.41, 5.74) is -0.366. The third kappa shape index (κ3) is 2.44. The Labute approximate surface area is 98.1 Å². The van der Waals surface area contributed by atoms with E-state index in [-0.39, 0.29) is 5.54 Å². The summed E-state index contributed by atoms with van der Waals surface area (Å²) in [6, 6.07) is 8.53. The van der Waals surface area contributed by atoms with Crippen LogP contribution in [0.1, 0.15) is 27.2 Å².